The number of fused-ring (bicyclic) bond motifs is 16. The summed E-state index contributed by atoms with van der Waals surface area (Å²) in [7, 11) is -3.68. The fourth-order valence-electron chi connectivity index (χ4n) is 17.3. The zero-order valence-corrected chi connectivity index (χ0v) is 47.9. The van der Waals surface area contributed by atoms with E-state index in [1.54, 1.807) is 0 Å². The molecule has 10 rings (SSSR count). The molecule has 0 amide bonds. The fourth-order valence-corrected chi connectivity index (χ4v) is 20.2. The first-order valence-corrected chi connectivity index (χ1v) is 33.2. The quantitative estimate of drug-likeness (QED) is 0.257. The first-order chi connectivity index (χ1) is 30.6. The summed E-state index contributed by atoms with van der Waals surface area (Å²) >= 11 is 0. The first kappa shape index (κ1) is 56.0. The van der Waals surface area contributed by atoms with Gasteiger partial charge in [-0.05, 0) is 185 Å². The molecule has 0 aromatic carbocycles. The summed E-state index contributed by atoms with van der Waals surface area (Å²) in [5, 5.41) is 0.452. The van der Waals surface area contributed by atoms with E-state index in [0.29, 0.717) is 66.3 Å². The van der Waals surface area contributed by atoms with Gasteiger partial charge in [-0.3, -0.25) is 9.59 Å². The van der Waals surface area contributed by atoms with Gasteiger partial charge in [0.25, 0.3) is 0 Å². The lowest BCUT2D eigenvalue weighted by Crippen LogP contribution is -2.64. The number of rotatable bonds is 4. The van der Waals surface area contributed by atoms with Crippen LogP contribution >= 0.6 is 0 Å². The van der Waals surface area contributed by atoms with E-state index < -0.39 is 28.2 Å². The Morgan fingerprint density at radius 3 is 1.41 bits per heavy atom. The van der Waals surface area contributed by atoms with Crippen molar-refractivity contribution in [3.63, 3.8) is 0 Å². The Balaban J connectivity index is 0.000000198. The fraction of sp³-hybridized carbons (Fsp3) is 0.932. The Bertz CT molecular complexity index is 1980. The lowest BCUT2D eigenvalue weighted by atomic mass is 9.43. The summed E-state index contributed by atoms with van der Waals surface area (Å²) in [5.41, 5.74) is 0.553. The standard InChI is InChI=1S/C29H50O4Si.C28H46O4Si.2CH4/c1-17-16-29(8)19-13-14-28(7)18(11-12-22(28)33-34(9,10)26(2,3)4)23(19)25-24(20(29)15-21(17)30)31-27(5,6)32-25;1-25(2,3)33(8,9)32-21-11-10-18-22-19(13-15-28(18,21)7)27(6)14-12-17(29)16-20(27)23-24(22)31-26(4,5)30-23;;/h17-20,22-25H,11-16H2,1-10H3;12,14,18-24H,10-11,13,15-16H2,1-9H3;2*1H4/t17-,18?,19?,20?,22+,23?,24-,25-,28+,29-;18?,19?,20?,21-,22?,23+,24+,27+,28-;;/m10../s1. The predicted molar refractivity (Wildman–Crippen MR) is 285 cm³/mol. The monoisotopic (exact) mass is 997 g/mol. The van der Waals surface area contributed by atoms with Gasteiger partial charge in [-0.2, -0.15) is 0 Å². The van der Waals surface area contributed by atoms with Crippen molar-refractivity contribution in [3.05, 3.63) is 12.2 Å². The van der Waals surface area contributed by atoms with Crippen molar-refractivity contribution in [2.24, 2.45) is 74.9 Å². The van der Waals surface area contributed by atoms with Crippen molar-refractivity contribution in [1.29, 1.82) is 0 Å². The van der Waals surface area contributed by atoms with Crippen LogP contribution in [0.3, 0.4) is 0 Å². The number of ether oxygens (including phenoxy) is 4. The van der Waals surface area contributed by atoms with E-state index >= 15 is 0 Å². The van der Waals surface area contributed by atoms with Crippen molar-refractivity contribution in [2.45, 2.75) is 274 Å². The third-order valence-electron chi connectivity index (χ3n) is 22.9. The predicted octanol–water partition coefficient (Wildman–Crippen LogP) is 14.8. The van der Waals surface area contributed by atoms with Gasteiger partial charge in [0.2, 0.25) is 0 Å². The lowest BCUT2D eigenvalue weighted by Gasteiger charge is -2.63. The number of ketones is 2. The third kappa shape index (κ3) is 8.82. The van der Waals surface area contributed by atoms with E-state index in [-0.39, 0.29) is 94.5 Å². The van der Waals surface area contributed by atoms with Gasteiger partial charge in [0, 0.05) is 30.6 Å². The molecule has 396 valence electrons. The number of allylic oxidation sites excluding steroid dienone is 2. The van der Waals surface area contributed by atoms with Crippen molar-refractivity contribution in [2.75, 3.05) is 0 Å². The molecule has 10 aliphatic rings. The molecule has 0 N–H and O–H groups in total. The van der Waals surface area contributed by atoms with Crippen LogP contribution in [0.4, 0.5) is 0 Å². The molecule has 7 saturated carbocycles. The van der Waals surface area contributed by atoms with Crippen molar-refractivity contribution in [1.82, 2.24) is 0 Å². The smallest absolute Gasteiger partial charge is 0.192 e. The van der Waals surface area contributed by atoms with E-state index in [1.807, 2.05) is 6.08 Å². The number of carbonyl (C=O) groups excluding carboxylic acids is 2. The van der Waals surface area contributed by atoms with Crippen LogP contribution in [-0.2, 0) is 37.4 Å². The maximum Gasteiger partial charge on any atom is 0.192 e. The van der Waals surface area contributed by atoms with E-state index in [9.17, 15) is 9.59 Å². The highest BCUT2D eigenvalue weighted by Crippen LogP contribution is 2.71. The molecular weight excluding hydrogens is 893 g/mol. The van der Waals surface area contributed by atoms with Crippen LogP contribution in [0, 0.1) is 74.9 Å². The van der Waals surface area contributed by atoms with E-state index in [1.165, 1.54) is 44.9 Å². The van der Waals surface area contributed by atoms with Gasteiger partial charge in [0.1, 0.15) is 5.78 Å². The summed E-state index contributed by atoms with van der Waals surface area (Å²) < 4.78 is 41.0. The first-order valence-electron chi connectivity index (χ1n) is 27.4. The minimum atomic E-state index is -1.84. The Labute approximate surface area is 424 Å². The van der Waals surface area contributed by atoms with Crippen LogP contribution in [0.2, 0.25) is 36.3 Å². The second kappa shape index (κ2) is 17.7. The van der Waals surface area contributed by atoms with Crippen molar-refractivity contribution in [3.8, 4) is 0 Å². The van der Waals surface area contributed by atoms with Gasteiger partial charge >= 0.3 is 0 Å². The average molecular weight is 998 g/mol. The molecule has 8 unspecified atom stereocenters. The largest absolute Gasteiger partial charge is 0.413 e. The van der Waals surface area contributed by atoms with E-state index in [2.05, 4.69) is 136 Å². The van der Waals surface area contributed by atoms with Crippen LogP contribution < -0.4 is 0 Å². The van der Waals surface area contributed by atoms with Gasteiger partial charge in [0.05, 0.1) is 36.6 Å². The van der Waals surface area contributed by atoms with Crippen LogP contribution in [0.15, 0.2) is 12.2 Å². The van der Waals surface area contributed by atoms with Crippen molar-refractivity contribution >= 4 is 28.2 Å². The molecule has 9 fully saturated rings. The molecule has 2 aliphatic heterocycles. The molecule has 2 heterocycles. The summed E-state index contributed by atoms with van der Waals surface area (Å²) in [4.78, 5) is 25.3. The van der Waals surface area contributed by atoms with E-state index in [0.717, 1.165) is 12.8 Å². The maximum absolute atomic E-state index is 12.9. The molecule has 0 spiro atoms. The maximum atomic E-state index is 12.9. The van der Waals surface area contributed by atoms with Crippen molar-refractivity contribution < 1.29 is 37.4 Å². The summed E-state index contributed by atoms with van der Waals surface area (Å²) in [6, 6.07) is 0. The highest BCUT2D eigenvalue weighted by atomic mass is 28.4. The molecule has 8 nitrogen and oxygen atoms in total. The Morgan fingerprint density at radius 1 is 0.536 bits per heavy atom. The minimum Gasteiger partial charge on any atom is -0.413 e. The zero-order valence-electron chi connectivity index (χ0n) is 45.9. The molecule has 19 atom stereocenters. The van der Waals surface area contributed by atoms with E-state index in [4.69, 9.17) is 27.8 Å². The number of carbonyl (C=O) groups is 2. The van der Waals surface area contributed by atoms with Crippen LogP contribution in [0.25, 0.3) is 0 Å². The Kier molecular flexibility index (Phi) is 14.4. The van der Waals surface area contributed by atoms with Crippen LogP contribution in [0.5, 0.6) is 0 Å². The topological polar surface area (TPSA) is 89.5 Å². The van der Waals surface area contributed by atoms with Gasteiger partial charge < -0.3 is 27.8 Å². The molecule has 0 bridgehead atoms. The highest BCUT2D eigenvalue weighted by Gasteiger charge is 2.71. The molecular formula is C59H104O8Si2. The third-order valence-corrected chi connectivity index (χ3v) is 31.9. The summed E-state index contributed by atoms with van der Waals surface area (Å²) in [5.74, 6) is 3.48. The average Bonchev–Trinajstić information content (AvgIpc) is 3.91. The summed E-state index contributed by atoms with van der Waals surface area (Å²) in [6.07, 6.45) is 17.0. The zero-order chi connectivity index (χ0) is 49.2. The Morgan fingerprint density at radius 2 is 0.942 bits per heavy atom. The van der Waals surface area contributed by atoms with Gasteiger partial charge in [-0.1, -0.05) is 97.1 Å². The number of hydrogen-bond acceptors (Lipinski definition) is 8. The molecule has 0 radical (unpaired) electrons. The second-order valence-corrected chi connectivity index (χ2v) is 39.1. The van der Waals surface area contributed by atoms with Crippen LogP contribution in [-0.4, -0.2) is 76.4 Å². The number of hydrogen-bond donors (Lipinski definition) is 0. The minimum absolute atomic E-state index is 0. The molecule has 8 aliphatic carbocycles. The SMILES string of the molecule is C.C.CC1(C)O[C@@H]2C3C(CC[C@@]4(C)C3CC[C@@H]4O[Si](C)(C)C(C)(C)C)[C@@]3(C)C=CC(=O)CC3[C@H]2O1.C[C@@H]1C[C@]2(C)C3CC[C@@]4(C)C(CC[C@@H]4O[Si](C)(C)C(C)(C)C)C3[C@H]3OC(C)(C)O[C@@H]3C2CC1=O. The number of Topliss-reactive ketones (excluding diaryl/α,β-unsaturated/α-hetero) is 1. The summed E-state index contributed by atoms with van der Waals surface area (Å²) in [6.45, 7) is 44.1. The highest BCUT2D eigenvalue weighted by molar-refractivity contribution is 6.74. The molecule has 69 heavy (non-hydrogen) atoms. The molecule has 0 aromatic rings. The van der Waals surface area contributed by atoms with Crippen LogP contribution in [0.1, 0.15) is 189 Å². The lowest BCUT2D eigenvalue weighted by molar-refractivity contribution is -0.188. The van der Waals surface area contributed by atoms with Gasteiger partial charge in [-0.15, -0.1) is 0 Å². The normalized spacial score (nSPS) is 48.1. The van der Waals surface area contributed by atoms with Gasteiger partial charge in [0.15, 0.2) is 34.0 Å². The molecule has 0 aromatic heterocycles. The Hall–Kier alpha value is -0.726. The molecule has 2 saturated heterocycles. The second-order valence-electron chi connectivity index (χ2n) is 29.6. The van der Waals surface area contributed by atoms with Gasteiger partial charge in [-0.25, -0.2) is 0 Å². The molecule has 10 heteroatoms.